The van der Waals surface area contributed by atoms with Crippen LogP contribution in [0.15, 0.2) is 9.50 Å². The molecule has 0 spiro atoms. The van der Waals surface area contributed by atoms with E-state index in [0.29, 0.717) is 5.75 Å². The Morgan fingerprint density at radius 3 is 2.63 bits per heavy atom. The summed E-state index contributed by atoms with van der Waals surface area (Å²) < 4.78 is 0.884. The summed E-state index contributed by atoms with van der Waals surface area (Å²) in [5.74, 6) is 0.606. The van der Waals surface area contributed by atoms with Gasteiger partial charge in [0.25, 0.3) is 0 Å². The largest absolute Gasteiger partial charge is 0.433 e. The van der Waals surface area contributed by atoms with Gasteiger partial charge < -0.3 is 5.32 Å². The summed E-state index contributed by atoms with van der Waals surface area (Å²) in [6.07, 6.45) is -0.571. The zero-order valence-corrected chi connectivity index (χ0v) is 13.3. The molecule has 1 aromatic rings. The molecule has 0 unspecified atom stereocenters. The molecule has 0 bridgehead atoms. The number of rotatable bonds is 4. The van der Waals surface area contributed by atoms with E-state index < -0.39 is 6.09 Å². The van der Waals surface area contributed by atoms with E-state index in [1.807, 2.05) is 27.7 Å². The van der Waals surface area contributed by atoms with Crippen LogP contribution in [0.4, 0.5) is 4.79 Å². The van der Waals surface area contributed by atoms with Crippen LogP contribution in [-0.2, 0) is 4.84 Å². The molecule has 19 heavy (non-hydrogen) atoms. The van der Waals surface area contributed by atoms with Gasteiger partial charge in [0, 0.05) is 18.2 Å². The van der Waals surface area contributed by atoms with E-state index in [1.54, 1.807) is 0 Å². The molecule has 0 aliphatic heterocycles. The van der Waals surface area contributed by atoms with Crippen molar-refractivity contribution in [3.63, 3.8) is 0 Å². The number of carbonyl (C=O) groups excluding carboxylic acids is 1. The topological polar surface area (TPSA) is 76.5 Å². The number of amides is 1. The van der Waals surface area contributed by atoms with Crippen molar-refractivity contribution in [2.75, 3.05) is 12.8 Å². The van der Waals surface area contributed by atoms with Crippen molar-refractivity contribution >= 4 is 34.9 Å². The number of thioether (sulfide) groups is 1. The van der Waals surface area contributed by atoms with Gasteiger partial charge in [0.2, 0.25) is 0 Å². The maximum absolute atomic E-state index is 11.1. The lowest BCUT2D eigenvalue weighted by atomic mass is 9.91. The molecular weight excluding hydrogens is 284 g/mol. The van der Waals surface area contributed by atoms with Crippen LogP contribution in [0, 0.1) is 12.3 Å². The first-order valence-electron chi connectivity index (χ1n) is 5.72. The molecule has 0 aliphatic carbocycles. The summed E-state index contributed by atoms with van der Waals surface area (Å²) in [4.78, 5) is 15.8. The zero-order valence-electron chi connectivity index (χ0n) is 11.7. The van der Waals surface area contributed by atoms with E-state index >= 15 is 0 Å². The average molecular weight is 302 g/mol. The number of nitrogens with zero attached hydrogens (tertiary/aromatic N) is 3. The van der Waals surface area contributed by atoms with Gasteiger partial charge in [-0.25, -0.2) is 4.79 Å². The van der Waals surface area contributed by atoms with Crippen LogP contribution in [0.25, 0.3) is 0 Å². The molecule has 0 aliphatic rings. The maximum atomic E-state index is 11.1. The quantitative estimate of drug-likeness (QED) is 0.400. The molecule has 1 amide bonds. The molecule has 1 heterocycles. The van der Waals surface area contributed by atoms with Crippen molar-refractivity contribution < 1.29 is 9.63 Å². The van der Waals surface area contributed by atoms with Gasteiger partial charge in [-0.1, -0.05) is 49.0 Å². The third-order valence-electron chi connectivity index (χ3n) is 2.15. The number of hydrogen-bond donors (Lipinski definition) is 1. The lowest BCUT2D eigenvalue weighted by Crippen LogP contribution is -2.25. The Morgan fingerprint density at radius 2 is 2.16 bits per heavy atom. The van der Waals surface area contributed by atoms with Gasteiger partial charge in [-0.15, -0.1) is 10.2 Å². The molecular formula is C11H18N4O2S2. The standard InChI is InChI=1S/C11H18N4O2S2/c1-7-13-14-10(19-7)18-6-8(11(2,3)4)15-17-9(16)12-5/h6H2,1-5H3,(H,12,16)/b15-8-. The molecule has 106 valence electrons. The predicted octanol–water partition coefficient (Wildman–Crippen LogP) is 2.70. The Bertz CT molecular complexity index is 466. The molecule has 1 rings (SSSR count). The SMILES string of the molecule is CNC(=O)O/N=C(/CSc1nnc(C)s1)C(C)(C)C. The van der Waals surface area contributed by atoms with E-state index in [1.165, 1.54) is 30.1 Å². The third kappa shape index (κ3) is 5.56. The molecule has 0 atom stereocenters. The fraction of sp³-hybridized carbons (Fsp3) is 0.636. The van der Waals surface area contributed by atoms with Crippen molar-refractivity contribution in [1.29, 1.82) is 0 Å². The van der Waals surface area contributed by atoms with E-state index in [2.05, 4.69) is 20.7 Å². The first kappa shape index (κ1) is 15.9. The molecule has 0 saturated heterocycles. The average Bonchev–Trinajstić information content (AvgIpc) is 2.72. The van der Waals surface area contributed by atoms with Gasteiger partial charge in [0.1, 0.15) is 5.01 Å². The minimum atomic E-state index is -0.571. The molecule has 1 aromatic heterocycles. The summed E-state index contributed by atoms with van der Waals surface area (Å²) in [5, 5.41) is 15.2. The second-order valence-corrected chi connectivity index (χ2v) is 7.20. The molecule has 0 radical (unpaired) electrons. The minimum absolute atomic E-state index is 0.180. The van der Waals surface area contributed by atoms with Gasteiger partial charge in [-0.2, -0.15) is 0 Å². The predicted molar refractivity (Wildman–Crippen MR) is 77.8 cm³/mol. The van der Waals surface area contributed by atoms with Crippen molar-refractivity contribution in [2.45, 2.75) is 32.0 Å². The van der Waals surface area contributed by atoms with Crippen LogP contribution >= 0.6 is 23.1 Å². The normalized spacial score (nSPS) is 12.4. The Kier molecular flexibility index (Phi) is 5.74. The van der Waals surface area contributed by atoms with E-state index in [4.69, 9.17) is 4.84 Å². The minimum Gasteiger partial charge on any atom is -0.323 e. The fourth-order valence-electron chi connectivity index (χ4n) is 0.989. The summed E-state index contributed by atoms with van der Waals surface area (Å²) in [6.45, 7) is 7.97. The molecule has 8 heteroatoms. The Hall–Kier alpha value is -1.15. The van der Waals surface area contributed by atoms with Crippen molar-refractivity contribution in [2.24, 2.45) is 10.6 Å². The zero-order chi connectivity index (χ0) is 14.5. The van der Waals surface area contributed by atoms with Crippen molar-refractivity contribution in [1.82, 2.24) is 15.5 Å². The molecule has 6 nitrogen and oxygen atoms in total. The van der Waals surface area contributed by atoms with Gasteiger partial charge in [0.15, 0.2) is 4.34 Å². The number of aromatic nitrogens is 2. The number of nitrogens with one attached hydrogen (secondary N) is 1. The lowest BCUT2D eigenvalue weighted by molar-refractivity contribution is 0.152. The monoisotopic (exact) mass is 302 g/mol. The molecule has 0 saturated carbocycles. The second kappa shape index (κ2) is 6.85. The smallest absolute Gasteiger partial charge is 0.323 e. The van der Waals surface area contributed by atoms with Crippen LogP contribution < -0.4 is 5.32 Å². The van der Waals surface area contributed by atoms with Gasteiger partial charge in [0.05, 0.1) is 5.71 Å². The Labute approximate surface area is 121 Å². The highest BCUT2D eigenvalue weighted by Crippen LogP contribution is 2.26. The van der Waals surface area contributed by atoms with E-state index in [-0.39, 0.29) is 5.41 Å². The summed E-state index contributed by atoms with van der Waals surface area (Å²) >= 11 is 3.07. The highest BCUT2D eigenvalue weighted by molar-refractivity contribution is 8.01. The van der Waals surface area contributed by atoms with Crippen molar-refractivity contribution in [3.05, 3.63) is 5.01 Å². The highest BCUT2D eigenvalue weighted by atomic mass is 32.2. The number of oxime groups is 1. The molecule has 1 N–H and O–H groups in total. The summed E-state index contributed by atoms with van der Waals surface area (Å²) in [5.41, 5.74) is 0.606. The first-order chi connectivity index (χ1) is 8.82. The third-order valence-corrected chi connectivity index (χ3v) is 4.13. The summed E-state index contributed by atoms with van der Waals surface area (Å²) in [6, 6.07) is 0. The van der Waals surface area contributed by atoms with Crippen LogP contribution in [0.1, 0.15) is 25.8 Å². The molecule has 0 aromatic carbocycles. The number of hydrogen-bond acceptors (Lipinski definition) is 7. The van der Waals surface area contributed by atoms with E-state index in [0.717, 1.165) is 15.1 Å². The summed E-state index contributed by atoms with van der Waals surface area (Å²) in [7, 11) is 1.49. The van der Waals surface area contributed by atoms with Crippen LogP contribution in [0.5, 0.6) is 0 Å². The van der Waals surface area contributed by atoms with Gasteiger partial charge in [-0.3, -0.25) is 4.84 Å². The Morgan fingerprint density at radius 1 is 1.47 bits per heavy atom. The first-order valence-corrected chi connectivity index (χ1v) is 7.52. The van der Waals surface area contributed by atoms with Crippen LogP contribution in [0.3, 0.4) is 0 Å². The van der Waals surface area contributed by atoms with E-state index in [9.17, 15) is 4.79 Å². The maximum Gasteiger partial charge on any atom is 0.433 e. The Balaban J connectivity index is 2.67. The second-order valence-electron chi connectivity index (χ2n) is 4.79. The van der Waals surface area contributed by atoms with Gasteiger partial charge in [-0.05, 0) is 6.92 Å². The highest BCUT2D eigenvalue weighted by Gasteiger charge is 2.21. The molecule has 0 fully saturated rings. The lowest BCUT2D eigenvalue weighted by Gasteiger charge is -2.19. The van der Waals surface area contributed by atoms with Crippen LogP contribution in [-0.4, -0.2) is 34.8 Å². The van der Waals surface area contributed by atoms with Crippen molar-refractivity contribution in [3.8, 4) is 0 Å². The van der Waals surface area contributed by atoms with Gasteiger partial charge >= 0.3 is 6.09 Å². The van der Waals surface area contributed by atoms with Crippen LogP contribution in [0.2, 0.25) is 0 Å². The number of aryl methyl sites for hydroxylation is 1. The fourth-order valence-corrected chi connectivity index (χ4v) is 3.02. The number of carbonyl (C=O) groups is 1.